The second kappa shape index (κ2) is 10.9. The predicted octanol–water partition coefficient (Wildman–Crippen LogP) is 3.56. The second-order valence-electron chi connectivity index (χ2n) is 9.71. The molecule has 2 aliphatic heterocycles. The number of ether oxygens (including phenoxy) is 1. The second-order valence-corrected chi connectivity index (χ2v) is 10.7. The number of methoxy groups -OCH3 is 1. The van der Waals surface area contributed by atoms with E-state index in [4.69, 9.17) is 4.74 Å². The van der Waals surface area contributed by atoms with Gasteiger partial charge in [-0.25, -0.2) is 4.68 Å². The number of benzene rings is 2. The molecule has 1 aromatic heterocycles. The molecule has 0 bridgehead atoms. The molecule has 0 radical (unpaired) electrons. The molecular formula is C28H31N5O4S. The number of carbonyl (C=O) groups excluding carboxylic acids is 3. The summed E-state index contributed by atoms with van der Waals surface area (Å²) in [5, 5.41) is 10.5. The third-order valence-corrected chi connectivity index (χ3v) is 8.07. The highest BCUT2D eigenvalue weighted by Crippen LogP contribution is 2.35. The van der Waals surface area contributed by atoms with Gasteiger partial charge in [0.05, 0.1) is 18.7 Å². The lowest BCUT2D eigenvalue weighted by atomic mass is 10.1. The van der Waals surface area contributed by atoms with Crippen molar-refractivity contribution in [2.75, 3.05) is 23.9 Å². The lowest BCUT2D eigenvalue weighted by Gasteiger charge is -2.18. The first-order valence-electron chi connectivity index (χ1n) is 12.6. The van der Waals surface area contributed by atoms with Gasteiger partial charge in [-0.3, -0.25) is 14.4 Å². The summed E-state index contributed by atoms with van der Waals surface area (Å²) >= 11 is 1.72. The Hall–Kier alpha value is -3.79. The van der Waals surface area contributed by atoms with Gasteiger partial charge in [0, 0.05) is 42.3 Å². The summed E-state index contributed by atoms with van der Waals surface area (Å²) in [6.07, 6.45) is 0.145. The lowest BCUT2D eigenvalue weighted by Crippen LogP contribution is -2.31. The number of nitrogens with zero attached hydrogens (tertiary/aromatic N) is 3. The molecule has 1 unspecified atom stereocenters. The highest BCUT2D eigenvalue weighted by Gasteiger charge is 2.36. The van der Waals surface area contributed by atoms with Gasteiger partial charge in [-0.2, -0.15) is 16.9 Å². The highest BCUT2D eigenvalue weighted by molar-refractivity contribution is 7.98. The normalized spacial score (nSPS) is 16.4. The highest BCUT2D eigenvalue weighted by atomic mass is 32.2. The Morgan fingerprint density at radius 2 is 1.89 bits per heavy atom. The van der Waals surface area contributed by atoms with Gasteiger partial charge in [-0.05, 0) is 54.8 Å². The van der Waals surface area contributed by atoms with Crippen molar-refractivity contribution in [1.29, 1.82) is 0 Å². The minimum absolute atomic E-state index is 0.0121. The average Bonchev–Trinajstić information content (AvgIpc) is 3.61. The predicted molar refractivity (Wildman–Crippen MR) is 147 cm³/mol. The fourth-order valence-corrected chi connectivity index (χ4v) is 5.74. The maximum absolute atomic E-state index is 13.3. The molecule has 1 atom stereocenters. The first kappa shape index (κ1) is 25.8. The molecule has 3 amide bonds. The van der Waals surface area contributed by atoms with E-state index in [1.54, 1.807) is 28.5 Å². The van der Waals surface area contributed by atoms with E-state index in [0.29, 0.717) is 18.9 Å². The Kier molecular flexibility index (Phi) is 7.42. The van der Waals surface area contributed by atoms with Gasteiger partial charge in [-0.1, -0.05) is 18.2 Å². The number of thioether (sulfide) groups is 1. The van der Waals surface area contributed by atoms with E-state index >= 15 is 0 Å². The molecule has 5 rings (SSSR count). The van der Waals surface area contributed by atoms with Crippen LogP contribution < -0.4 is 20.3 Å². The smallest absolute Gasteiger partial charge is 0.242 e. The first-order valence-corrected chi connectivity index (χ1v) is 13.7. The summed E-state index contributed by atoms with van der Waals surface area (Å²) in [4.78, 5) is 40.5. The molecule has 2 aromatic carbocycles. The fraction of sp³-hybridized carbons (Fsp3) is 0.357. The van der Waals surface area contributed by atoms with Gasteiger partial charge >= 0.3 is 0 Å². The Morgan fingerprint density at radius 3 is 2.63 bits per heavy atom. The number of rotatable bonds is 8. The van der Waals surface area contributed by atoms with E-state index < -0.39 is 5.92 Å². The van der Waals surface area contributed by atoms with Crippen molar-refractivity contribution in [1.82, 2.24) is 15.1 Å². The van der Waals surface area contributed by atoms with Crippen molar-refractivity contribution in [2.24, 2.45) is 5.92 Å². The lowest BCUT2D eigenvalue weighted by molar-refractivity contribution is -0.122. The van der Waals surface area contributed by atoms with Crippen LogP contribution in [0.3, 0.4) is 0 Å². The molecule has 1 fully saturated rings. The Labute approximate surface area is 225 Å². The van der Waals surface area contributed by atoms with Gasteiger partial charge < -0.3 is 20.3 Å². The van der Waals surface area contributed by atoms with E-state index in [0.717, 1.165) is 50.9 Å². The summed E-state index contributed by atoms with van der Waals surface area (Å²) in [5.74, 6) is 1.77. The van der Waals surface area contributed by atoms with Crippen molar-refractivity contribution >= 4 is 41.0 Å². The number of fused-ring (bicyclic) bond motifs is 1. The number of hydrogen-bond donors (Lipinski definition) is 2. The molecular weight excluding hydrogens is 502 g/mol. The standard InChI is InChI=1S/C28H31N5O4S/c1-17-4-7-21(10-18(17)2)32-13-20(11-26(32)35)28(36)30-27-23-15-38-16-24(23)31-33(27)14-25(34)29-12-19-5-8-22(37-3)9-6-19/h4-10,20H,11-16H2,1-3H3,(H,29,34)(H,30,36). The zero-order chi connectivity index (χ0) is 26.8. The van der Waals surface area contributed by atoms with E-state index in [9.17, 15) is 14.4 Å². The van der Waals surface area contributed by atoms with Crippen LogP contribution >= 0.6 is 11.8 Å². The van der Waals surface area contributed by atoms with Crippen LogP contribution in [-0.2, 0) is 39.0 Å². The van der Waals surface area contributed by atoms with Gasteiger partial charge in [-0.15, -0.1) is 0 Å². The number of aromatic nitrogens is 2. The number of aryl methyl sites for hydroxylation is 2. The average molecular weight is 534 g/mol. The van der Waals surface area contributed by atoms with Crippen LogP contribution in [0.2, 0.25) is 0 Å². The molecule has 0 spiro atoms. The number of carbonyl (C=O) groups is 3. The van der Waals surface area contributed by atoms with Gasteiger partial charge in [0.1, 0.15) is 18.1 Å². The molecule has 10 heteroatoms. The molecule has 9 nitrogen and oxygen atoms in total. The minimum atomic E-state index is -0.485. The molecule has 1 saturated heterocycles. The van der Waals surface area contributed by atoms with Crippen LogP contribution in [0.25, 0.3) is 0 Å². The third kappa shape index (κ3) is 5.40. The number of nitrogens with one attached hydrogen (secondary N) is 2. The summed E-state index contributed by atoms with van der Waals surface area (Å²) in [5.41, 5.74) is 5.85. The Balaban J connectivity index is 1.25. The molecule has 2 N–H and O–H groups in total. The molecule has 38 heavy (non-hydrogen) atoms. The summed E-state index contributed by atoms with van der Waals surface area (Å²) < 4.78 is 6.74. The SMILES string of the molecule is COc1ccc(CNC(=O)Cn2nc3c(c2NC(=O)C2CC(=O)N(c4ccc(C)c(C)c4)C2)CSC3)cc1. The zero-order valence-corrected chi connectivity index (χ0v) is 22.6. The molecule has 2 aliphatic rings. The number of hydrogen-bond acceptors (Lipinski definition) is 6. The minimum Gasteiger partial charge on any atom is -0.497 e. The van der Waals surface area contributed by atoms with Crippen LogP contribution in [-0.4, -0.2) is 41.2 Å². The maximum atomic E-state index is 13.3. The molecule has 0 aliphatic carbocycles. The van der Waals surface area contributed by atoms with E-state index in [1.807, 2.05) is 56.3 Å². The van der Waals surface area contributed by atoms with Gasteiger partial charge in [0.15, 0.2) is 0 Å². The van der Waals surface area contributed by atoms with Crippen LogP contribution in [0.1, 0.15) is 34.4 Å². The molecule has 3 heterocycles. The van der Waals surface area contributed by atoms with Crippen molar-refractivity contribution in [3.63, 3.8) is 0 Å². The number of anilines is 2. The molecule has 198 valence electrons. The number of amides is 3. The van der Waals surface area contributed by atoms with E-state index in [1.165, 1.54) is 0 Å². The van der Waals surface area contributed by atoms with Crippen LogP contribution in [0.5, 0.6) is 5.75 Å². The topological polar surface area (TPSA) is 106 Å². The van der Waals surface area contributed by atoms with E-state index in [2.05, 4.69) is 15.7 Å². The summed E-state index contributed by atoms with van der Waals surface area (Å²) in [6, 6.07) is 13.4. The first-order chi connectivity index (χ1) is 18.3. The van der Waals surface area contributed by atoms with Crippen molar-refractivity contribution < 1.29 is 19.1 Å². The van der Waals surface area contributed by atoms with Crippen molar-refractivity contribution in [2.45, 2.75) is 44.9 Å². The van der Waals surface area contributed by atoms with Gasteiger partial charge in [0.2, 0.25) is 17.7 Å². The largest absolute Gasteiger partial charge is 0.497 e. The van der Waals surface area contributed by atoms with Crippen LogP contribution in [0.4, 0.5) is 11.5 Å². The van der Waals surface area contributed by atoms with Crippen molar-refractivity contribution in [3.05, 3.63) is 70.4 Å². The quantitative estimate of drug-likeness (QED) is 0.459. The Bertz CT molecular complexity index is 1380. The summed E-state index contributed by atoms with van der Waals surface area (Å²) in [6.45, 7) is 4.72. The third-order valence-electron chi connectivity index (χ3n) is 7.10. The zero-order valence-electron chi connectivity index (χ0n) is 21.7. The summed E-state index contributed by atoms with van der Waals surface area (Å²) in [7, 11) is 1.61. The monoisotopic (exact) mass is 533 g/mol. The fourth-order valence-electron chi connectivity index (χ4n) is 4.70. The van der Waals surface area contributed by atoms with Crippen molar-refractivity contribution in [3.8, 4) is 5.75 Å². The maximum Gasteiger partial charge on any atom is 0.242 e. The van der Waals surface area contributed by atoms with Crippen LogP contribution in [0, 0.1) is 19.8 Å². The van der Waals surface area contributed by atoms with Gasteiger partial charge in [0.25, 0.3) is 0 Å². The van der Waals surface area contributed by atoms with Crippen LogP contribution in [0.15, 0.2) is 42.5 Å². The Morgan fingerprint density at radius 1 is 1.11 bits per heavy atom. The van der Waals surface area contributed by atoms with E-state index in [-0.39, 0.29) is 30.7 Å². The molecule has 3 aromatic rings. The molecule has 0 saturated carbocycles.